The fourth-order valence-corrected chi connectivity index (χ4v) is 2.72. The minimum Gasteiger partial charge on any atom is -0.285 e. The quantitative estimate of drug-likeness (QED) is 0.849. The summed E-state index contributed by atoms with van der Waals surface area (Å²) in [6.07, 6.45) is 1.72. The van der Waals surface area contributed by atoms with Gasteiger partial charge in [-0.2, -0.15) is 0 Å². The topological polar surface area (TPSA) is 63.2 Å². The van der Waals surface area contributed by atoms with Gasteiger partial charge in [-0.1, -0.05) is 13.8 Å². The van der Waals surface area contributed by atoms with Crippen molar-refractivity contribution in [2.24, 2.45) is 5.92 Å². The van der Waals surface area contributed by atoms with E-state index in [0.29, 0.717) is 11.3 Å². The van der Waals surface area contributed by atoms with Gasteiger partial charge in [-0.3, -0.25) is 9.52 Å². The molecule has 0 amide bonds. The van der Waals surface area contributed by atoms with Crippen LogP contribution in [0.3, 0.4) is 0 Å². The van der Waals surface area contributed by atoms with E-state index in [-0.39, 0.29) is 11.7 Å². The second-order valence-electron chi connectivity index (χ2n) is 3.96. The first-order chi connectivity index (χ1) is 7.43. The molecule has 0 saturated heterocycles. The first-order valence-electron chi connectivity index (χ1n) is 4.91. The third-order valence-electron chi connectivity index (χ3n) is 1.83. The molecule has 0 spiro atoms. The van der Waals surface area contributed by atoms with Crippen LogP contribution in [0.5, 0.6) is 0 Å². The average Bonchev–Trinajstić information content (AvgIpc) is 2.16. The number of benzene rings is 1. The van der Waals surface area contributed by atoms with Gasteiger partial charge >= 0.3 is 0 Å². The third-order valence-corrected chi connectivity index (χ3v) is 3.48. The smallest absolute Gasteiger partial charge is 0.233 e. The lowest BCUT2D eigenvalue weighted by Crippen LogP contribution is -2.19. The number of anilines is 1. The highest BCUT2D eigenvalue weighted by Gasteiger charge is 2.12. The number of carbonyl (C=O) groups excluding carboxylic acids is 1. The van der Waals surface area contributed by atoms with Crippen molar-refractivity contribution in [1.82, 2.24) is 0 Å². The number of nitrogens with one attached hydrogen (secondary N) is 1. The van der Waals surface area contributed by atoms with Crippen LogP contribution in [0.1, 0.15) is 19.4 Å². The van der Waals surface area contributed by atoms with Crippen LogP contribution in [-0.4, -0.2) is 20.5 Å². The molecule has 0 aliphatic carbocycles. The number of hydrogen-bond acceptors (Lipinski definition) is 3. The zero-order valence-corrected chi connectivity index (χ0v) is 10.0. The molecule has 1 aromatic carbocycles. The number of sulfonamides is 1. The molecule has 1 radical (unpaired) electrons. The molecule has 0 heterocycles. The van der Waals surface area contributed by atoms with Gasteiger partial charge in [-0.25, -0.2) is 8.42 Å². The second kappa shape index (κ2) is 5.12. The molecule has 0 bridgehead atoms. The Morgan fingerprint density at radius 2 is 1.81 bits per heavy atom. The van der Waals surface area contributed by atoms with E-state index in [0.717, 1.165) is 0 Å². The summed E-state index contributed by atoms with van der Waals surface area (Å²) in [6, 6.07) is 6.11. The van der Waals surface area contributed by atoms with Crippen molar-refractivity contribution in [2.45, 2.75) is 13.8 Å². The van der Waals surface area contributed by atoms with E-state index >= 15 is 0 Å². The van der Waals surface area contributed by atoms with Crippen molar-refractivity contribution < 1.29 is 13.2 Å². The predicted octanol–water partition coefficient (Wildman–Crippen LogP) is 1.54. The first kappa shape index (κ1) is 12.7. The molecule has 0 saturated carbocycles. The maximum absolute atomic E-state index is 11.6. The standard InChI is InChI=1S/C11H14NO3S/c1-9(2)8-16(14,15)12-11-5-3-10(7-13)4-6-11/h3-6,9,12H,8H2,1-2H3. The normalized spacial score (nSPS) is 11.4. The highest BCUT2D eigenvalue weighted by Crippen LogP contribution is 2.11. The van der Waals surface area contributed by atoms with Crippen LogP contribution < -0.4 is 4.72 Å². The summed E-state index contributed by atoms with van der Waals surface area (Å²) in [4.78, 5) is 10.3. The molecule has 0 atom stereocenters. The molecular weight excluding hydrogens is 226 g/mol. The van der Waals surface area contributed by atoms with Crippen LogP contribution in [0.25, 0.3) is 0 Å². The average molecular weight is 240 g/mol. The lowest BCUT2D eigenvalue weighted by atomic mass is 10.2. The summed E-state index contributed by atoms with van der Waals surface area (Å²) in [5, 5.41) is 0. The predicted molar refractivity (Wildman–Crippen MR) is 63.5 cm³/mol. The maximum atomic E-state index is 11.6. The van der Waals surface area contributed by atoms with E-state index in [9.17, 15) is 13.2 Å². The fraction of sp³-hybridized carbons (Fsp3) is 0.364. The Labute approximate surface area is 95.7 Å². The lowest BCUT2D eigenvalue weighted by Gasteiger charge is -2.09. The van der Waals surface area contributed by atoms with Crippen molar-refractivity contribution in [3.8, 4) is 0 Å². The van der Waals surface area contributed by atoms with Gasteiger partial charge in [-0.15, -0.1) is 0 Å². The van der Waals surface area contributed by atoms with E-state index in [1.807, 2.05) is 13.8 Å². The van der Waals surface area contributed by atoms with Gasteiger partial charge < -0.3 is 0 Å². The van der Waals surface area contributed by atoms with Gasteiger partial charge in [0.15, 0.2) is 0 Å². The summed E-state index contributed by atoms with van der Waals surface area (Å²) >= 11 is 0. The van der Waals surface area contributed by atoms with Crippen molar-refractivity contribution in [3.05, 3.63) is 29.8 Å². The molecule has 87 valence electrons. The van der Waals surface area contributed by atoms with Gasteiger partial charge in [0.1, 0.15) is 0 Å². The molecule has 1 aromatic rings. The molecule has 0 aliphatic rings. The SMILES string of the molecule is CC(C)CS(=O)(=O)Nc1ccc([C]=O)cc1. The monoisotopic (exact) mass is 240 g/mol. The van der Waals surface area contributed by atoms with Gasteiger partial charge in [-0.05, 0) is 30.2 Å². The molecule has 1 rings (SSSR count). The molecule has 5 heteroatoms. The molecule has 0 aromatic heterocycles. The van der Waals surface area contributed by atoms with Crippen molar-refractivity contribution in [2.75, 3.05) is 10.5 Å². The molecule has 1 N–H and O–H groups in total. The Bertz CT molecular complexity index is 449. The minimum atomic E-state index is -3.30. The molecular formula is C11H14NO3S. The van der Waals surface area contributed by atoms with Crippen LogP contribution in [0.4, 0.5) is 5.69 Å². The van der Waals surface area contributed by atoms with E-state index in [4.69, 9.17) is 0 Å². The lowest BCUT2D eigenvalue weighted by molar-refractivity contribution is 0.562. The first-order valence-corrected chi connectivity index (χ1v) is 6.57. The van der Waals surface area contributed by atoms with Crippen LogP contribution >= 0.6 is 0 Å². The van der Waals surface area contributed by atoms with Gasteiger partial charge in [0.2, 0.25) is 16.3 Å². The Morgan fingerprint density at radius 1 is 1.25 bits per heavy atom. The van der Waals surface area contributed by atoms with Crippen LogP contribution in [0.15, 0.2) is 24.3 Å². The number of rotatable bonds is 5. The zero-order valence-electron chi connectivity index (χ0n) is 9.23. The van der Waals surface area contributed by atoms with Gasteiger partial charge in [0.25, 0.3) is 0 Å². The summed E-state index contributed by atoms with van der Waals surface area (Å²) in [5.74, 6) is 0.147. The van der Waals surface area contributed by atoms with Crippen molar-refractivity contribution in [1.29, 1.82) is 0 Å². The highest BCUT2D eigenvalue weighted by molar-refractivity contribution is 7.92. The Morgan fingerprint density at radius 3 is 2.25 bits per heavy atom. The Balaban J connectivity index is 2.76. The Kier molecular flexibility index (Phi) is 4.06. The summed E-state index contributed by atoms with van der Waals surface area (Å²) in [5.41, 5.74) is 0.853. The molecule has 0 unspecified atom stereocenters. The van der Waals surface area contributed by atoms with Crippen LogP contribution in [0.2, 0.25) is 0 Å². The fourth-order valence-electron chi connectivity index (χ4n) is 1.27. The summed E-state index contributed by atoms with van der Waals surface area (Å²) in [7, 11) is -3.30. The molecule has 4 nitrogen and oxygen atoms in total. The number of hydrogen-bond donors (Lipinski definition) is 1. The van der Waals surface area contributed by atoms with E-state index in [1.54, 1.807) is 6.29 Å². The van der Waals surface area contributed by atoms with Gasteiger partial charge in [0.05, 0.1) is 5.75 Å². The second-order valence-corrected chi connectivity index (χ2v) is 5.72. The van der Waals surface area contributed by atoms with E-state index in [1.165, 1.54) is 24.3 Å². The van der Waals surface area contributed by atoms with Gasteiger partial charge in [0, 0.05) is 11.3 Å². The molecule has 16 heavy (non-hydrogen) atoms. The molecule has 0 aliphatic heterocycles. The van der Waals surface area contributed by atoms with Crippen LogP contribution in [-0.2, 0) is 14.8 Å². The highest BCUT2D eigenvalue weighted by atomic mass is 32.2. The summed E-state index contributed by atoms with van der Waals surface area (Å²) < 4.78 is 25.6. The van der Waals surface area contributed by atoms with Crippen LogP contribution in [0, 0.1) is 5.92 Å². The van der Waals surface area contributed by atoms with E-state index in [2.05, 4.69) is 4.72 Å². The van der Waals surface area contributed by atoms with Crippen molar-refractivity contribution in [3.63, 3.8) is 0 Å². The zero-order chi connectivity index (χ0) is 12.2. The molecule has 0 fully saturated rings. The maximum Gasteiger partial charge on any atom is 0.233 e. The third kappa shape index (κ3) is 4.02. The minimum absolute atomic E-state index is 0.0695. The van der Waals surface area contributed by atoms with Crippen molar-refractivity contribution >= 4 is 22.0 Å². The van der Waals surface area contributed by atoms with E-state index < -0.39 is 10.0 Å². The largest absolute Gasteiger partial charge is 0.285 e. The summed E-state index contributed by atoms with van der Waals surface area (Å²) in [6.45, 7) is 3.67. The Hall–Kier alpha value is -1.36.